The lowest BCUT2D eigenvalue weighted by atomic mass is 10.0. The first-order valence-corrected chi connectivity index (χ1v) is 9.27. The summed E-state index contributed by atoms with van der Waals surface area (Å²) in [6.07, 6.45) is 2.92. The van der Waals surface area contributed by atoms with Gasteiger partial charge in [0.25, 0.3) is 0 Å². The molecule has 0 unspecified atom stereocenters. The fourth-order valence-electron chi connectivity index (χ4n) is 3.30. The van der Waals surface area contributed by atoms with Gasteiger partial charge >= 0.3 is 6.09 Å². The average molecular weight is 353 g/mol. The SMILES string of the molecule is CCc1cc(C)c(OCc2c(OC(=O)NC)cccc2C2CC2)cc1C. The molecule has 0 aromatic heterocycles. The fraction of sp³-hybridized carbons (Fsp3) is 0.409. The Balaban J connectivity index is 1.87. The van der Waals surface area contributed by atoms with Gasteiger partial charge in [0.2, 0.25) is 0 Å². The highest BCUT2D eigenvalue weighted by Crippen LogP contribution is 2.44. The standard InChI is InChI=1S/C22H27NO3/c1-5-16-11-15(3)21(12-14(16)2)25-13-19-18(17-9-10-17)7-6-8-20(19)26-22(24)23-4/h6-8,11-12,17H,5,9-10,13H2,1-4H3,(H,23,24). The van der Waals surface area contributed by atoms with Gasteiger partial charge in [-0.1, -0.05) is 25.1 Å². The zero-order chi connectivity index (χ0) is 18.7. The van der Waals surface area contributed by atoms with Crippen molar-refractivity contribution < 1.29 is 14.3 Å². The van der Waals surface area contributed by atoms with Gasteiger partial charge in [0.05, 0.1) is 0 Å². The molecule has 0 bridgehead atoms. The summed E-state index contributed by atoms with van der Waals surface area (Å²) in [4.78, 5) is 11.7. The molecular weight excluding hydrogens is 326 g/mol. The highest BCUT2D eigenvalue weighted by molar-refractivity contribution is 5.70. The van der Waals surface area contributed by atoms with Crippen molar-refractivity contribution in [2.24, 2.45) is 0 Å². The minimum Gasteiger partial charge on any atom is -0.488 e. The lowest BCUT2D eigenvalue weighted by molar-refractivity contribution is 0.201. The molecule has 1 fully saturated rings. The maximum Gasteiger partial charge on any atom is 0.412 e. The van der Waals surface area contributed by atoms with Crippen molar-refractivity contribution in [3.8, 4) is 11.5 Å². The number of hydrogen-bond acceptors (Lipinski definition) is 3. The van der Waals surface area contributed by atoms with Crippen LogP contribution >= 0.6 is 0 Å². The summed E-state index contributed by atoms with van der Waals surface area (Å²) >= 11 is 0. The number of nitrogens with one attached hydrogen (secondary N) is 1. The van der Waals surface area contributed by atoms with E-state index in [1.54, 1.807) is 7.05 Å². The average Bonchev–Trinajstić information content (AvgIpc) is 3.47. The van der Waals surface area contributed by atoms with E-state index in [2.05, 4.69) is 44.3 Å². The number of rotatable bonds is 6. The second kappa shape index (κ2) is 7.81. The predicted octanol–water partition coefficient (Wildman–Crippen LogP) is 5.04. The van der Waals surface area contributed by atoms with Gasteiger partial charge in [0.15, 0.2) is 0 Å². The van der Waals surface area contributed by atoms with Crippen molar-refractivity contribution in [2.45, 2.75) is 52.6 Å². The maximum atomic E-state index is 11.7. The molecule has 1 aliphatic carbocycles. The predicted molar refractivity (Wildman–Crippen MR) is 103 cm³/mol. The van der Waals surface area contributed by atoms with E-state index in [9.17, 15) is 4.79 Å². The van der Waals surface area contributed by atoms with E-state index in [0.717, 1.165) is 23.3 Å². The number of hydrogen-bond donors (Lipinski definition) is 1. The fourth-order valence-corrected chi connectivity index (χ4v) is 3.30. The van der Waals surface area contributed by atoms with Gasteiger partial charge in [-0.05, 0) is 73.4 Å². The molecule has 0 aliphatic heterocycles. The van der Waals surface area contributed by atoms with Crippen molar-refractivity contribution in [2.75, 3.05) is 7.05 Å². The van der Waals surface area contributed by atoms with Crippen molar-refractivity contribution in [3.63, 3.8) is 0 Å². The van der Waals surface area contributed by atoms with Crippen LogP contribution in [-0.2, 0) is 13.0 Å². The van der Waals surface area contributed by atoms with E-state index in [0.29, 0.717) is 18.3 Å². The zero-order valence-corrected chi connectivity index (χ0v) is 16.0. The van der Waals surface area contributed by atoms with E-state index in [-0.39, 0.29) is 0 Å². The Morgan fingerprint density at radius 1 is 1.15 bits per heavy atom. The highest BCUT2D eigenvalue weighted by Gasteiger charge is 2.28. The Morgan fingerprint density at radius 2 is 1.92 bits per heavy atom. The van der Waals surface area contributed by atoms with Gasteiger partial charge in [-0.3, -0.25) is 0 Å². The molecule has 4 heteroatoms. The van der Waals surface area contributed by atoms with Crippen LogP contribution in [0.4, 0.5) is 4.79 Å². The largest absolute Gasteiger partial charge is 0.488 e. The van der Waals surface area contributed by atoms with Crippen molar-refractivity contribution >= 4 is 6.09 Å². The number of benzene rings is 2. The lowest BCUT2D eigenvalue weighted by Gasteiger charge is -2.17. The molecule has 1 aliphatic rings. The first-order valence-electron chi connectivity index (χ1n) is 9.27. The molecule has 138 valence electrons. The third-order valence-electron chi connectivity index (χ3n) is 4.98. The van der Waals surface area contributed by atoms with Gasteiger partial charge in [-0.15, -0.1) is 0 Å². The second-order valence-corrected chi connectivity index (χ2v) is 6.92. The summed E-state index contributed by atoms with van der Waals surface area (Å²) in [5, 5.41) is 2.51. The third-order valence-corrected chi connectivity index (χ3v) is 4.98. The molecule has 1 saturated carbocycles. The van der Waals surface area contributed by atoms with Crippen LogP contribution in [0.3, 0.4) is 0 Å². The van der Waals surface area contributed by atoms with Gasteiger partial charge in [-0.25, -0.2) is 4.79 Å². The highest BCUT2D eigenvalue weighted by atomic mass is 16.6. The summed E-state index contributed by atoms with van der Waals surface area (Å²) in [5.41, 5.74) is 5.91. The molecule has 2 aromatic rings. The number of carbonyl (C=O) groups excluding carboxylic acids is 1. The van der Waals surface area contributed by atoms with Crippen LogP contribution in [0.2, 0.25) is 0 Å². The van der Waals surface area contributed by atoms with Crippen LogP contribution in [0.1, 0.15) is 53.5 Å². The third kappa shape index (κ3) is 4.01. The molecule has 0 spiro atoms. The number of carbonyl (C=O) groups is 1. The summed E-state index contributed by atoms with van der Waals surface area (Å²) < 4.78 is 11.6. The van der Waals surface area contributed by atoms with Crippen molar-refractivity contribution in [1.29, 1.82) is 0 Å². The van der Waals surface area contributed by atoms with Crippen molar-refractivity contribution in [1.82, 2.24) is 5.32 Å². The minimum atomic E-state index is -0.460. The summed E-state index contributed by atoms with van der Waals surface area (Å²) in [6.45, 7) is 6.74. The summed E-state index contributed by atoms with van der Waals surface area (Å²) in [7, 11) is 1.56. The summed E-state index contributed by atoms with van der Waals surface area (Å²) in [5.74, 6) is 2.01. The van der Waals surface area contributed by atoms with Crippen LogP contribution in [-0.4, -0.2) is 13.1 Å². The Labute approximate surface area is 155 Å². The molecule has 2 aromatic carbocycles. The van der Waals surface area contributed by atoms with Gasteiger partial charge < -0.3 is 14.8 Å². The first kappa shape index (κ1) is 18.3. The number of ether oxygens (including phenoxy) is 2. The van der Waals surface area contributed by atoms with E-state index in [1.807, 2.05) is 12.1 Å². The first-order chi connectivity index (χ1) is 12.5. The van der Waals surface area contributed by atoms with E-state index >= 15 is 0 Å². The Hall–Kier alpha value is -2.49. The topological polar surface area (TPSA) is 47.6 Å². The quantitative estimate of drug-likeness (QED) is 0.791. The molecule has 0 heterocycles. The monoisotopic (exact) mass is 353 g/mol. The molecule has 0 radical (unpaired) electrons. The Bertz CT molecular complexity index is 809. The Kier molecular flexibility index (Phi) is 5.50. The molecule has 4 nitrogen and oxygen atoms in total. The normalized spacial score (nSPS) is 13.4. The number of aryl methyl sites for hydroxylation is 3. The molecule has 3 rings (SSSR count). The van der Waals surface area contributed by atoms with E-state index in [1.165, 1.54) is 29.5 Å². The molecule has 1 amide bonds. The zero-order valence-electron chi connectivity index (χ0n) is 16.0. The lowest BCUT2D eigenvalue weighted by Crippen LogP contribution is -2.23. The van der Waals surface area contributed by atoms with Gasteiger partial charge in [0, 0.05) is 12.6 Å². The maximum absolute atomic E-state index is 11.7. The number of amides is 1. The van der Waals surface area contributed by atoms with Crippen LogP contribution in [0.15, 0.2) is 30.3 Å². The second-order valence-electron chi connectivity index (χ2n) is 6.92. The van der Waals surface area contributed by atoms with Gasteiger partial charge in [-0.2, -0.15) is 0 Å². The molecule has 26 heavy (non-hydrogen) atoms. The Morgan fingerprint density at radius 3 is 2.58 bits per heavy atom. The molecule has 0 atom stereocenters. The van der Waals surface area contributed by atoms with E-state index in [4.69, 9.17) is 9.47 Å². The molecule has 0 saturated heterocycles. The van der Waals surface area contributed by atoms with Crippen molar-refractivity contribution in [3.05, 3.63) is 58.1 Å². The van der Waals surface area contributed by atoms with Crippen LogP contribution in [0, 0.1) is 13.8 Å². The van der Waals surface area contributed by atoms with Crippen LogP contribution in [0.5, 0.6) is 11.5 Å². The van der Waals surface area contributed by atoms with Crippen LogP contribution in [0.25, 0.3) is 0 Å². The molecular formula is C22H27NO3. The van der Waals surface area contributed by atoms with Crippen LogP contribution < -0.4 is 14.8 Å². The minimum absolute atomic E-state index is 0.394. The van der Waals surface area contributed by atoms with E-state index < -0.39 is 6.09 Å². The van der Waals surface area contributed by atoms with Gasteiger partial charge in [0.1, 0.15) is 18.1 Å². The summed E-state index contributed by atoms with van der Waals surface area (Å²) in [6, 6.07) is 10.2. The smallest absolute Gasteiger partial charge is 0.412 e. The molecule has 1 N–H and O–H groups in total.